The summed E-state index contributed by atoms with van der Waals surface area (Å²) in [7, 11) is 0. The van der Waals surface area contributed by atoms with Gasteiger partial charge in [0.2, 0.25) is 0 Å². The van der Waals surface area contributed by atoms with Crippen molar-refractivity contribution in [3.63, 3.8) is 0 Å². The molecule has 2 saturated heterocycles. The lowest BCUT2D eigenvalue weighted by atomic mass is 9.97. The molecule has 4 aliphatic rings. The first-order valence-electron chi connectivity index (χ1n) is 9.48. The molecule has 4 fully saturated rings. The monoisotopic (exact) mass is 358 g/mol. The standard InChI is InChI=1S/C20H22O6/c21-19(23-13-5-7-15-17(9-13)25-15)11-1-2-12(4-3-11)20(22)24-14-6-8-16-18(10-14)26-16/h1-4,13-18H,5-10H2. The summed E-state index contributed by atoms with van der Waals surface area (Å²) in [6.45, 7) is 0. The zero-order chi connectivity index (χ0) is 17.7. The van der Waals surface area contributed by atoms with Gasteiger partial charge in [-0.05, 0) is 49.9 Å². The SMILES string of the molecule is O=C(OC1CCC2OC2C1)c1ccc(C(=O)OC2CCC3OC3C2)cc1. The van der Waals surface area contributed by atoms with E-state index in [-0.39, 0.29) is 36.4 Å². The Morgan fingerprint density at radius 2 is 1.12 bits per heavy atom. The number of ether oxygens (including phenoxy) is 4. The molecular weight excluding hydrogens is 336 g/mol. The fourth-order valence-corrected chi connectivity index (χ4v) is 4.13. The molecule has 2 heterocycles. The maximum atomic E-state index is 12.3. The smallest absolute Gasteiger partial charge is 0.338 e. The van der Waals surface area contributed by atoms with Crippen LogP contribution in [-0.4, -0.2) is 48.6 Å². The Hall–Kier alpha value is -1.92. The molecule has 1 aromatic rings. The van der Waals surface area contributed by atoms with Crippen LogP contribution in [0.1, 0.15) is 59.2 Å². The number of rotatable bonds is 4. The molecule has 0 spiro atoms. The number of carbonyl (C=O) groups is 2. The number of epoxide rings is 2. The zero-order valence-electron chi connectivity index (χ0n) is 14.5. The largest absolute Gasteiger partial charge is 0.459 e. The van der Waals surface area contributed by atoms with Crippen molar-refractivity contribution in [2.45, 2.75) is 75.1 Å². The normalized spacial score (nSPS) is 37.1. The van der Waals surface area contributed by atoms with Crippen LogP contribution in [-0.2, 0) is 18.9 Å². The van der Waals surface area contributed by atoms with Crippen LogP contribution in [0.15, 0.2) is 24.3 Å². The van der Waals surface area contributed by atoms with E-state index in [9.17, 15) is 9.59 Å². The van der Waals surface area contributed by atoms with Crippen molar-refractivity contribution in [1.82, 2.24) is 0 Å². The first-order valence-corrected chi connectivity index (χ1v) is 9.48. The van der Waals surface area contributed by atoms with Gasteiger partial charge in [0.25, 0.3) is 0 Å². The third-order valence-corrected chi connectivity index (χ3v) is 5.82. The highest BCUT2D eigenvalue weighted by atomic mass is 16.6. The maximum Gasteiger partial charge on any atom is 0.338 e. The molecule has 6 atom stereocenters. The Kier molecular flexibility index (Phi) is 3.98. The highest BCUT2D eigenvalue weighted by Gasteiger charge is 2.45. The summed E-state index contributed by atoms with van der Waals surface area (Å²) in [5, 5.41) is 0. The van der Waals surface area contributed by atoms with E-state index in [1.165, 1.54) is 0 Å². The Balaban J connectivity index is 1.15. The van der Waals surface area contributed by atoms with Crippen molar-refractivity contribution >= 4 is 11.9 Å². The summed E-state index contributed by atoms with van der Waals surface area (Å²) in [5.74, 6) is -0.698. The van der Waals surface area contributed by atoms with Gasteiger partial charge in [0, 0.05) is 12.8 Å². The molecule has 138 valence electrons. The topological polar surface area (TPSA) is 77.7 Å². The number of esters is 2. The lowest BCUT2D eigenvalue weighted by Gasteiger charge is -2.20. The van der Waals surface area contributed by atoms with Gasteiger partial charge in [-0.15, -0.1) is 0 Å². The number of fused-ring (bicyclic) bond motifs is 2. The van der Waals surface area contributed by atoms with Crippen LogP contribution >= 0.6 is 0 Å². The molecule has 6 nitrogen and oxygen atoms in total. The molecule has 5 rings (SSSR count). The summed E-state index contributed by atoms with van der Waals surface area (Å²) in [4.78, 5) is 24.6. The van der Waals surface area contributed by atoms with E-state index in [2.05, 4.69) is 0 Å². The van der Waals surface area contributed by atoms with Crippen LogP contribution in [0.3, 0.4) is 0 Å². The minimum atomic E-state index is -0.349. The van der Waals surface area contributed by atoms with Crippen molar-refractivity contribution in [1.29, 1.82) is 0 Å². The Bertz CT molecular complexity index is 653. The minimum Gasteiger partial charge on any atom is -0.459 e. The molecule has 6 heteroatoms. The Morgan fingerprint density at radius 1 is 0.692 bits per heavy atom. The Labute approximate surface area is 151 Å². The van der Waals surface area contributed by atoms with Gasteiger partial charge in [-0.2, -0.15) is 0 Å². The summed E-state index contributed by atoms with van der Waals surface area (Å²) in [5.41, 5.74) is 0.902. The van der Waals surface area contributed by atoms with Gasteiger partial charge in [0.05, 0.1) is 35.5 Å². The number of hydrogen-bond donors (Lipinski definition) is 0. The van der Waals surface area contributed by atoms with Crippen LogP contribution in [0.4, 0.5) is 0 Å². The number of benzene rings is 1. The van der Waals surface area contributed by atoms with E-state index in [0.29, 0.717) is 23.3 Å². The molecule has 26 heavy (non-hydrogen) atoms. The first-order chi connectivity index (χ1) is 12.7. The third-order valence-electron chi connectivity index (χ3n) is 5.82. The van der Waals surface area contributed by atoms with E-state index < -0.39 is 0 Å². The number of hydrogen-bond acceptors (Lipinski definition) is 6. The first kappa shape index (κ1) is 16.3. The molecule has 0 bridgehead atoms. The third kappa shape index (κ3) is 3.35. The molecule has 0 N–H and O–H groups in total. The van der Waals surface area contributed by atoms with Crippen LogP contribution in [0, 0.1) is 0 Å². The van der Waals surface area contributed by atoms with Crippen LogP contribution in [0.2, 0.25) is 0 Å². The summed E-state index contributed by atoms with van der Waals surface area (Å²) in [6.07, 6.45) is 6.36. The summed E-state index contributed by atoms with van der Waals surface area (Å²) < 4.78 is 22.0. The molecule has 2 saturated carbocycles. The molecule has 6 unspecified atom stereocenters. The second-order valence-corrected chi connectivity index (χ2v) is 7.68. The molecule has 0 radical (unpaired) electrons. The molecule has 2 aliphatic heterocycles. The van der Waals surface area contributed by atoms with Gasteiger partial charge in [0.15, 0.2) is 0 Å². The van der Waals surface area contributed by atoms with Crippen LogP contribution in [0.5, 0.6) is 0 Å². The average Bonchev–Trinajstić information content (AvgIpc) is 3.55. The van der Waals surface area contributed by atoms with E-state index in [1.54, 1.807) is 24.3 Å². The molecule has 1 aromatic carbocycles. The quantitative estimate of drug-likeness (QED) is 0.608. The van der Waals surface area contributed by atoms with Crippen molar-refractivity contribution in [2.24, 2.45) is 0 Å². The van der Waals surface area contributed by atoms with Crippen LogP contribution in [0.25, 0.3) is 0 Å². The molecular formula is C20H22O6. The summed E-state index contributed by atoms with van der Waals surface area (Å²) >= 11 is 0. The highest BCUT2D eigenvalue weighted by Crippen LogP contribution is 2.38. The fraction of sp³-hybridized carbons (Fsp3) is 0.600. The van der Waals surface area contributed by atoms with E-state index >= 15 is 0 Å². The lowest BCUT2D eigenvalue weighted by Crippen LogP contribution is -2.25. The van der Waals surface area contributed by atoms with Crippen molar-refractivity contribution < 1.29 is 28.5 Å². The van der Waals surface area contributed by atoms with Gasteiger partial charge in [-0.25, -0.2) is 9.59 Å². The van der Waals surface area contributed by atoms with Gasteiger partial charge >= 0.3 is 11.9 Å². The highest BCUT2D eigenvalue weighted by molar-refractivity contribution is 5.93. The van der Waals surface area contributed by atoms with E-state index in [0.717, 1.165) is 38.5 Å². The van der Waals surface area contributed by atoms with Crippen LogP contribution < -0.4 is 0 Å². The van der Waals surface area contributed by atoms with Gasteiger partial charge < -0.3 is 18.9 Å². The second kappa shape index (κ2) is 6.35. The van der Waals surface area contributed by atoms with Gasteiger partial charge in [-0.3, -0.25) is 0 Å². The van der Waals surface area contributed by atoms with Crippen molar-refractivity contribution in [3.8, 4) is 0 Å². The Morgan fingerprint density at radius 3 is 1.50 bits per heavy atom. The summed E-state index contributed by atoms with van der Waals surface area (Å²) in [6, 6.07) is 6.50. The average molecular weight is 358 g/mol. The van der Waals surface area contributed by atoms with Gasteiger partial charge in [0.1, 0.15) is 12.2 Å². The maximum absolute atomic E-state index is 12.3. The fourth-order valence-electron chi connectivity index (χ4n) is 4.13. The molecule has 0 aromatic heterocycles. The molecule has 2 aliphatic carbocycles. The van der Waals surface area contributed by atoms with Crippen molar-refractivity contribution in [3.05, 3.63) is 35.4 Å². The second-order valence-electron chi connectivity index (χ2n) is 7.68. The van der Waals surface area contributed by atoms with Gasteiger partial charge in [-0.1, -0.05) is 0 Å². The van der Waals surface area contributed by atoms with E-state index in [4.69, 9.17) is 18.9 Å². The predicted molar refractivity (Wildman–Crippen MR) is 89.9 cm³/mol. The van der Waals surface area contributed by atoms with E-state index in [1.807, 2.05) is 0 Å². The predicted octanol–water partition coefficient (Wildman–Crippen LogP) is 2.64. The van der Waals surface area contributed by atoms with Crippen molar-refractivity contribution in [2.75, 3.05) is 0 Å². The minimum absolute atomic E-state index is 0.0735. The lowest BCUT2D eigenvalue weighted by molar-refractivity contribution is 0.0215. The number of carbonyl (C=O) groups excluding carboxylic acids is 2. The molecule has 0 amide bonds. The zero-order valence-corrected chi connectivity index (χ0v) is 14.5.